The molecule has 3 nitrogen and oxygen atoms in total. The minimum absolute atomic E-state index is 0.714. The van der Waals surface area contributed by atoms with Crippen LogP contribution in [0.25, 0.3) is 11.1 Å². The largest absolute Gasteiger partial charge is 0.493 e. The Bertz CT molecular complexity index is 603. The summed E-state index contributed by atoms with van der Waals surface area (Å²) in [7, 11) is 0. The lowest BCUT2D eigenvalue weighted by Gasteiger charge is -2.11. The van der Waals surface area contributed by atoms with E-state index < -0.39 is 0 Å². The Morgan fingerprint density at radius 2 is 1.81 bits per heavy atom. The van der Waals surface area contributed by atoms with E-state index in [0.29, 0.717) is 6.61 Å². The van der Waals surface area contributed by atoms with E-state index in [0.717, 1.165) is 29.7 Å². The van der Waals surface area contributed by atoms with Crippen LogP contribution in [0.3, 0.4) is 0 Å². The second-order valence-electron chi connectivity index (χ2n) is 5.10. The zero-order chi connectivity index (χ0) is 15.1. The van der Waals surface area contributed by atoms with Crippen molar-refractivity contribution < 1.29 is 4.74 Å². The molecule has 2 N–H and O–H groups in total. The number of rotatable bonds is 6. The van der Waals surface area contributed by atoms with Crippen molar-refractivity contribution >= 4 is 6.21 Å². The predicted octanol–water partition coefficient (Wildman–Crippen LogP) is 4.13. The Hall–Kier alpha value is -2.29. The summed E-state index contributed by atoms with van der Waals surface area (Å²) in [6, 6.07) is 14.6. The molecule has 0 bridgehead atoms. The fourth-order valence-electron chi connectivity index (χ4n) is 2.11. The van der Waals surface area contributed by atoms with E-state index in [9.17, 15) is 0 Å². The molecule has 21 heavy (non-hydrogen) atoms. The maximum atomic E-state index is 5.79. The third-order valence-corrected chi connectivity index (χ3v) is 3.36. The first-order chi connectivity index (χ1) is 10.2. The Labute approximate surface area is 126 Å². The van der Waals surface area contributed by atoms with Gasteiger partial charge in [0.25, 0.3) is 0 Å². The molecule has 3 heteroatoms. The van der Waals surface area contributed by atoms with Crippen molar-refractivity contribution in [1.29, 1.82) is 0 Å². The molecule has 0 spiro atoms. The van der Waals surface area contributed by atoms with Gasteiger partial charge in [-0.05, 0) is 36.6 Å². The molecule has 2 aromatic carbocycles. The molecule has 0 heterocycles. The van der Waals surface area contributed by atoms with Crippen LogP contribution in [0.5, 0.6) is 5.75 Å². The van der Waals surface area contributed by atoms with Crippen LogP contribution in [0.15, 0.2) is 47.6 Å². The molecule has 0 aliphatic rings. The molecule has 0 fully saturated rings. The predicted molar refractivity (Wildman–Crippen MR) is 88.8 cm³/mol. The second kappa shape index (κ2) is 7.48. The molecule has 0 amide bonds. The third kappa shape index (κ3) is 4.09. The molecular formula is C18H22N2O. The summed E-state index contributed by atoms with van der Waals surface area (Å²) in [4.78, 5) is 0. The first-order valence-corrected chi connectivity index (χ1v) is 7.31. The number of benzene rings is 2. The van der Waals surface area contributed by atoms with Gasteiger partial charge in [0, 0.05) is 5.56 Å². The minimum Gasteiger partial charge on any atom is -0.493 e. The molecule has 0 radical (unpaired) electrons. The van der Waals surface area contributed by atoms with Gasteiger partial charge in [-0.3, -0.25) is 0 Å². The SMILES string of the molecule is CCCCOc1ccc(-c2ccc(C)cc2)cc1C=NN. The first kappa shape index (κ1) is 15.1. The maximum Gasteiger partial charge on any atom is 0.128 e. The zero-order valence-electron chi connectivity index (χ0n) is 12.7. The van der Waals surface area contributed by atoms with Crippen molar-refractivity contribution in [2.75, 3.05) is 6.61 Å². The lowest BCUT2D eigenvalue weighted by atomic mass is 10.0. The molecule has 0 aliphatic heterocycles. The fourth-order valence-corrected chi connectivity index (χ4v) is 2.11. The number of hydrogen-bond acceptors (Lipinski definition) is 3. The Morgan fingerprint density at radius 1 is 1.10 bits per heavy atom. The number of ether oxygens (including phenoxy) is 1. The van der Waals surface area contributed by atoms with Crippen LogP contribution in [0.1, 0.15) is 30.9 Å². The average Bonchev–Trinajstić information content (AvgIpc) is 2.50. The molecular weight excluding hydrogens is 260 g/mol. The number of nitrogens with two attached hydrogens (primary N) is 1. The van der Waals surface area contributed by atoms with E-state index in [1.165, 1.54) is 11.1 Å². The Balaban J connectivity index is 2.28. The summed E-state index contributed by atoms with van der Waals surface area (Å²) in [5, 5.41) is 3.64. The first-order valence-electron chi connectivity index (χ1n) is 7.31. The lowest BCUT2D eigenvalue weighted by Crippen LogP contribution is -2.00. The summed E-state index contributed by atoms with van der Waals surface area (Å²) in [6.07, 6.45) is 3.79. The van der Waals surface area contributed by atoms with E-state index in [2.05, 4.69) is 55.3 Å². The molecule has 0 unspecified atom stereocenters. The number of hydrazone groups is 1. The molecule has 0 aliphatic carbocycles. The van der Waals surface area contributed by atoms with Gasteiger partial charge in [-0.2, -0.15) is 5.10 Å². The van der Waals surface area contributed by atoms with Crippen LogP contribution < -0.4 is 10.6 Å². The second-order valence-corrected chi connectivity index (χ2v) is 5.10. The highest BCUT2D eigenvalue weighted by Gasteiger charge is 2.05. The summed E-state index contributed by atoms with van der Waals surface area (Å²) in [6.45, 7) is 4.94. The minimum atomic E-state index is 0.714. The zero-order valence-corrected chi connectivity index (χ0v) is 12.7. The summed E-state index contributed by atoms with van der Waals surface area (Å²) in [5.74, 6) is 6.13. The highest BCUT2D eigenvalue weighted by molar-refractivity contribution is 5.86. The van der Waals surface area contributed by atoms with Crippen LogP contribution in [-0.2, 0) is 0 Å². The number of nitrogens with zero attached hydrogens (tertiary/aromatic N) is 1. The molecule has 0 saturated heterocycles. The van der Waals surface area contributed by atoms with E-state index in [1.807, 2.05) is 6.07 Å². The lowest BCUT2D eigenvalue weighted by molar-refractivity contribution is 0.309. The van der Waals surface area contributed by atoms with Crippen molar-refractivity contribution in [3.63, 3.8) is 0 Å². The van der Waals surface area contributed by atoms with Crippen LogP contribution in [0.2, 0.25) is 0 Å². The van der Waals surface area contributed by atoms with Crippen molar-refractivity contribution in [3.05, 3.63) is 53.6 Å². The highest BCUT2D eigenvalue weighted by atomic mass is 16.5. The Morgan fingerprint density at radius 3 is 2.48 bits per heavy atom. The highest BCUT2D eigenvalue weighted by Crippen LogP contribution is 2.26. The molecule has 0 saturated carbocycles. The number of aryl methyl sites for hydroxylation is 1. The van der Waals surface area contributed by atoms with Crippen molar-refractivity contribution in [2.24, 2.45) is 10.9 Å². The number of hydrogen-bond donors (Lipinski definition) is 1. The maximum absolute atomic E-state index is 5.79. The quantitative estimate of drug-likeness (QED) is 0.375. The Kier molecular flexibility index (Phi) is 5.38. The van der Waals surface area contributed by atoms with E-state index in [4.69, 9.17) is 10.6 Å². The fraction of sp³-hybridized carbons (Fsp3) is 0.278. The number of unbranched alkanes of at least 4 members (excludes halogenated alkanes) is 1. The standard InChI is InChI=1S/C18H22N2O/c1-3-4-11-21-18-10-9-16(12-17(18)13-20-19)15-7-5-14(2)6-8-15/h5-10,12-13H,3-4,11,19H2,1-2H3. The van der Waals surface area contributed by atoms with Gasteiger partial charge in [0.05, 0.1) is 12.8 Å². The van der Waals surface area contributed by atoms with Gasteiger partial charge in [0.15, 0.2) is 0 Å². The summed E-state index contributed by atoms with van der Waals surface area (Å²) < 4.78 is 5.79. The summed E-state index contributed by atoms with van der Waals surface area (Å²) >= 11 is 0. The topological polar surface area (TPSA) is 47.6 Å². The normalized spacial score (nSPS) is 11.0. The van der Waals surface area contributed by atoms with Crippen LogP contribution >= 0.6 is 0 Å². The molecule has 110 valence electrons. The van der Waals surface area contributed by atoms with Gasteiger partial charge >= 0.3 is 0 Å². The van der Waals surface area contributed by atoms with Gasteiger partial charge in [-0.15, -0.1) is 0 Å². The smallest absolute Gasteiger partial charge is 0.128 e. The van der Waals surface area contributed by atoms with Crippen molar-refractivity contribution in [1.82, 2.24) is 0 Å². The monoisotopic (exact) mass is 282 g/mol. The van der Waals surface area contributed by atoms with E-state index >= 15 is 0 Å². The van der Waals surface area contributed by atoms with Gasteiger partial charge in [-0.1, -0.05) is 49.2 Å². The van der Waals surface area contributed by atoms with E-state index in [-0.39, 0.29) is 0 Å². The molecule has 0 aromatic heterocycles. The molecule has 2 rings (SSSR count). The van der Waals surface area contributed by atoms with Crippen molar-refractivity contribution in [3.8, 4) is 16.9 Å². The van der Waals surface area contributed by atoms with Crippen molar-refractivity contribution in [2.45, 2.75) is 26.7 Å². The average molecular weight is 282 g/mol. The van der Waals surface area contributed by atoms with E-state index in [1.54, 1.807) is 6.21 Å². The van der Waals surface area contributed by atoms with Gasteiger partial charge < -0.3 is 10.6 Å². The van der Waals surface area contributed by atoms with Crippen LogP contribution in [-0.4, -0.2) is 12.8 Å². The third-order valence-electron chi connectivity index (χ3n) is 3.36. The molecule has 2 aromatic rings. The summed E-state index contributed by atoms with van der Waals surface area (Å²) in [5.41, 5.74) is 4.47. The van der Waals surface area contributed by atoms with Gasteiger partial charge in [-0.25, -0.2) is 0 Å². The van der Waals surface area contributed by atoms with Gasteiger partial charge in [0.1, 0.15) is 5.75 Å². The molecule has 0 atom stereocenters. The van der Waals surface area contributed by atoms with Crippen LogP contribution in [0.4, 0.5) is 0 Å². The van der Waals surface area contributed by atoms with Gasteiger partial charge in [0.2, 0.25) is 0 Å². The van der Waals surface area contributed by atoms with Crippen LogP contribution in [0, 0.1) is 6.92 Å².